The van der Waals surface area contributed by atoms with Crippen LogP contribution >= 0.6 is 0 Å². The molecule has 0 radical (unpaired) electrons. The SMILES string of the molecule is O=C(O)Cc1ccc(CC(=O)O)c2nccnc12. The van der Waals surface area contributed by atoms with E-state index >= 15 is 0 Å². The number of nitrogens with zero attached hydrogens (tertiary/aromatic N) is 2. The van der Waals surface area contributed by atoms with Gasteiger partial charge in [-0.2, -0.15) is 0 Å². The zero-order valence-electron chi connectivity index (χ0n) is 9.33. The lowest BCUT2D eigenvalue weighted by atomic mass is 10.0. The number of hydrogen-bond acceptors (Lipinski definition) is 4. The van der Waals surface area contributed by atoms with Crippen LogP contribution in [0.5, 0.6) is 0 Å². The molecule has 0 amide bonds. The first-order chi connectivity index (χ1) is 8.58. The van der Waals surface area contributed by atoms with Crippen molar-refractivity contribution in [2.45, 2.75) is 12.8 Å². The number of fused-ring (bicyclic) bond motifs is 1. The molecule has 0 saturated carbocycles. The van der Waals surface area contributed by atoms with E-state index in [1.807, 2.05) is 0 Å². The lowest BCUT2D eigenvalue weighted by molar-refractivity contribution is -0.137. The van der Waals surface area contributed by atoms with E-state index in [1.54, 1.807) is 12.1 Å². The van der Waals surface area contributed by atoms with Crippen LogP contribution in [0.4, 0.5) is 0 Å². The standard InChI is InChI=1S/C12H10N2O4/c15-9(16)5-7-1-2-8(6-10(17)18)12-11(7)13-3-4-14-12/h1-4H,5-6H2,(H,15,16)(H,17,18). The van der Waals surface area contributed by atoms with Gasteiger partial charge in [-0.1, -0.05) is 12.1 Å². The van der Waals surface area contributed by atoms with Crippen molar-refractivity contribution in [3.8, 4) is 0 Å². The highest BCUT2D eigenvalue weighted by Gasteiger charge is 2.12. The Morgan fingerprint density at radius 1 is 0.889 bits per heavy atom. The first-order valence-corrected chi connectivity index (χ1v) is 5.23. The highest BCUT2D eigenvalue weighted by molar-refractivity contribution is 5.87. The van der Waals surface area contributed by atoms with E-state index in [9.17, 15) is 9.59 Å². The molecule has 2 N–H and O–H groups in total. The molecule has 6 nitrogen and oxygen atoms in total. The van der Waals surface area contributed by atoms with Crippen LogP contribution in [-0.2, 0) is 22.4 Å². The first-order valence-electron chi connectivity index (χ1n) is 5.23. The second-order valence-corrected chi connectivity index (χ2v) is 3.78. The van der Waals surface area contributed by atoms with Crippen LogP contribution in [0.2, 0.25) is 0 Å². The zero-order chi connectivity index (χ0) is 13.1. The molecule has 2 rings (SSSR count). The lowest BCUT2D eigenvalue weighted by Gasteiger charge is -2.06. The Morgan fingerprint density at radius 2 is 1.28 bits per heavy atom. The van der Waals surface area contributed by atoms with Crippen molar-refractivity contribution in [2.75, 3.05) is 0 Å². The molecule has 6 heteroatoms. The lowest BCUT2D eigenvalue weighted by Crippen LogP contribution is -2.05. The number of carboxylic acid groups (broad SMARTS) is 2. The second kappa shape index (κ2) is 4.79. The Labute approximate surface area is 102 Å². The van der Waals surface area contributed by atoms with Gasteiger partial charge in [0.1, 0.15) is 0 Å². The summed E-state index contributed by atoms with van der Waals surface area (Å²) in [5.41, 5.74) is 1.94. The van der Waals surface area contributed by atoms with E-state index < -0.39 is 11.9 Å². The normalized spacial score (nSPS) is 10.4. The molecule has 18 heavy (non-hydrogen) atoms. The predicted octanol–water partition coefficient (Wildman–Crippen LogP) is 0.884. The molecular formula is C12H10N2O4. The van der Waals surface area contributed by atoms with Crippen molar-refractivity contribution in [1.82, 2.24) is 9.97 Å². The number of hydrogen-bond donors (Lipinski definition) is 2. The minimum Gasteiger partial charge on any atom is -0.481 e. The number of rotatable bonds is 4. The average molecular weight is 246 g/mol. The highest BCUT2D eigenvalue weighted by atomic mass is 16.4. The summed E-state index contributed by atoms with van der Waals surface area (Å²) >= 11 is 0. The number of aliphatic carboxylic acids is 2. The summed E-state index contributed by atoms with van der Waals surface area (Å²) in [6, 6.07) is 3.17. The predicted molar refractivity (Wildman–Crippen MR) is 62.2 cm³/mol. The molecule has 1 aromatic heterocycles. The molecule has 0 aliphatic rings. The molecule has 0 aliphatic carbocycles. The van der Waals surface area contributed by atoms with Gasteiger partial charge in [-0.05, 0) is 11.1 Å². The van der Waals surface area contributed by atoms with Crippen molar-refractivity contribution in [1.29, 1.82) is 0 Å². The van der Waals surface area contributed by atoms with Crippen LogP contribution < -0.4 is 0 Å². The van der Waals surface area contributed by atoms with Crippen LogP contribution in [0.1, 0.15) is 11.1 Å². The molecule has 0 unspecified atom stereocenters. The Bertz CT molecular complexity index is 570. The molecule has 0 atom stereocenters. The van der Waals surface area contributed by atoms with Gasteiger partial charge in [-0.3, -0.25) is 19.6 Å². The van der Waals surface area contributed by atoms with Gasteiger partial charge < -0.3 is 10.2 Å². The molecule has 0 saturated heterocycles. The van der Waals surface area contributed by atoms with Crippen molar-refractivity contribution < 1.29 is 19.8 Å². The summed E-state index contributed by atoms with van der Waals surface area (Å²) in [5, 5.41) is 17.6. The molecular weight excluding hydrogens is 236 g/mol. The van der Waals surface area contributed by atoms with Crippen LogP contribution in [0.3, 0.4) is 0 Å². The van der Waals surface area contributed by atoms with Crippen molar-refractivity contribution in [3.63, 3.8) is 0 Å². The maximum absolute atomic E-state index is 10.7. The topological polar surface area (TPSA) is 100 Å². The molecule has 0 fully saturated rings. The fourth-order valence-corrected chi connectivity index (χ4v) is 1.78. The molecule has 0 bridgehead atoms. The van der Waals surface area contributed by atoms with Crippen LogP contribution in [0.15, 0.2) is 24.5 Å². The largest absolute Gasteiger partial charge is 0.481 e. The van der Waals surface area contributed by atoms with Crippen molar-refractivity contribution >= 4 is 23.0 Å². The third-order valence-electron chi connectivity index (χ3n) is 2.48. The summed E-state index contributed by atoms with van der Waals surface area (Å²) in [6.45, 7) is 0. The minimum atomic E-state index is -0.965. The molecule has 92 valence electrons. The second-order valence-electron chi connectivity index (χ2n) is 3.78. The summed E-state index contributed by atoms with van der Waals surface area (Å²) in [7, 11) is 0. The summed E-state index contributed by atoms with van der Waals surface area (Å²) < 4.78 is 0. The summed E-state index contributed by atoms with van der Waals surface area (Å²) in [4.78, 5) is 29.6. The van der Waals surface area contributed by atoms with E-state index in [4.69, 9.17) is 10.2 Å². The zero-order valence-corrected chi connectivity index (χ0v) is 9.33. The fraction of sp³-hybridized carbons (Fsp3) is 0.167. The van der Waals surface area contributed by atoms with E-state index in [1.165, 1.54) is 12.4 Å². The van der Waals surface area contributed by atoms with Gasteiger partial charge in [-0.15, -0.1) is 0 Å². The van der Waals surface area contributed by atoms with E-state index in [2.05, 4.69) is 9.97 Å². The van der Waals surface area contributed by atoms with Crippen LogP contribution in [-0.4, -0.2) is 32.1 Å². The van der Waals surface area contributed by atoms with Gasteiger partial charge in [0.2, 0.25) is 0 Å². The third kappa shape index (κ3) is 2.42. The molecule has 1 heterocycles. The number of aromatic nitrogens is 2. The molecule has 0 aliphatic heterocycles. The fourth-order valence-electron chi connectivity index (χ4n) is 1.78. The maximum Gasteiger partial charge on any atom is 0.307 e. The van der Waals surface area contributed by atoms with Gasteiger partial charge in [0.05, 0.1) is 23.9 Å². The minimum absolute atomic E-state index is 0.164. The third-order valence-corrected chi connectivity index (χ3v) is 2.48. The Hall–Kier alpha value is -2.50. The van der Waals surface area contributed by atoms with Crippen molar-refractivity contribution in [2.24, 2.45) is 0 Å². The summed E-state index contributed by atoms with van der Waals surface area (Å²) in [5.74, 6) is -1.93. The van der Waals surface area contributed by atoms with Crippen molar-refractivity contribution in [3.05, 3.63) is 35.7 Å². The van der Waals surface area contributed by atoms with Gasteiger partial charge in [-0.25, -0.2) is 0 Å². The van der Waals surface area contributed by atoms with Gasteiger partial charge in [0.15, 0.2) is 0 Å². The van der Waals surface area contributed by atoms with Crippen LogP contribution in [0.25, 0.3) is 11.0 Å². The Morgan fingerprint density at radius 3 is 1.61 bits per heavy atom. The van der Waals surface area contributed by atoms with E-state index in [0.717, 1.165) is 0 Å². The van der Waals surface area contributed by atoms with Gasteiger partial charge >= 0.3 is 11.9 Å². The summed E-state index contributed by atoms with van der Waals surface area (Å²) in [6.07, 6.45) is 2.58. The van der Waals surface area contributed by atoms with E-state index in [-0.39, 0.29) is 12.8 Å². The van der Waals surface area contributed by atoms with Crippen LogP contribution in [0, 0.1) is 0 Å². The number of carbonyl (C=O) groups is 2. The average Bonchev–Trinajstić information content (AvgIpc) is 2.31. The van der Waals surface area contributed by atoms with E-state index in [0.29, 0.717) is 22.2 Å². The number of carboxylic acids is 2. The van der Waals surface area contributed by atoms with Gasteiger partial charge in [0, 0.05) is 12.4 Å². The maximum atomic E-state index is 10.7. The Kier molecular flexibility index (Phi) is 3.18. The van der Waals surface area contributed by atoms with Gasteiger partial charge in [0.25, 0.3) is 0 Å². The molecule has 0 spiro atoms. The quantitative estimate of drug-likeness (QED) is 0.830. The molecule has 2 aromatic rings. The highest BCUT2D eigenvalue weighted by Crippen LogP contribution is 2.19. The Balaban J connectivity index is 2.58. The monoisotopic (exact) mass is 246 g/mol. The smallest absolute Gasteiger partial charge is 0.307 e. The number of benzene rings is 1. The first kappa shape index (κ1) is 12.0. The molecule has 1 aromatic carbocycles.